The van der Waals surface area contributed by atoms with Crippen molar-refractivity contribution in [1.82, 2.24) is 35.1 Å². The number of hydrogen-bond donors (Lipinski definition) is 3. The van der Waals surface area contributed by atoms with Gasteiger partial charge in [-0.25, -0.2) is 19.2 Å². The fourth-order valence-electron chi connectivity index (χ4n) is 7.64. The molecule has 55 heavy (non-hydrogen) atoms. The molecule has 0 bridgehead atoms. The van der Waals surface area contributed by atoms with Gasteiger partial charge in [-0.15, -0.1) is 0 Å². The van der Waals surface area contributed by atoms with Crippen LogP contribution in [0, 0.1) is 23.6 Å². The third-order valence-electron chi connectivity index (χ3n) is 10.8. The highest BCUT2D eigenvalue weighted by Gasteiger charge is 2.39. The number of amides is 3. The Kier molecular flexibility index (Phi) is 12.0. The SMILES string of the molecule is COC(=O)C[C@H](C(=O)N1CCC[C@H]1c1ncc(-c2ccc(-c3ccc(-c4cnc([C@@H]5CCCN5C(=O)[C@@H](NC(=O)OC)C(C)C)[nH]4)c(F)c3)cc2)[nH]1)C(C)C. The number of nitrogens with zero attached hydrogens (tertiary/aromatic N) is 4. The van der Waals surface area contributed by atoms with Gasteiger partial charge in [-0.3, -0.25) is 14.4 Å². The molecule has 0 unspecified atom stereocenters. The van der Waals surface area contributed by atoms with Crippen molar-refractivity contribution in [3.8, 4) is 33.6 Å². The van der Waals surface area contributed by atoms with Crippen LogP contribution in [0.1, 0.15) is 83.5 Å². The predicted molar refractivity (Wildman–Crippen MR) is 204 cm³/mol. The molecule has 6 rings (SSSR count). The van der Waals surface area contributed by atoms with E-state index in [0.717, 1.165) is 36.1 Å². The number of aromatic amines is 2. The maximum absolute atomic E-state index is 15.7. The van der Waals surface area contributed by atoms with E-state index < -0.39 is 29.8 Å². The van der Waals surface area contributed by atoms with Gasteiger partial charge in [0.1, 0.15) is 23.5 Å². The van der Waals surface area contributed by atoms with Gasteiger partial charge < -0.3 is 34.6 Å². The van der Waals surface area contributed by atoms with Crippen LogP contribution in [-0.2, 0) is 23.9 Å². The first-order valence-corrected chi connectivity index (χ1v) is 18.9. The molecule has 2 aromatic carbocycles. The van der Waals surface area contributed by atoms with E-state index in [4.69, 9.17) is 9.47 Å². The molecule has 2 aromatic heterocycles. The highest BCUT2D eigenvalue weighted by molar-refractivity contribution is 5.86. The molecular weight excluding hydrogens is 705 g/mol. The summed E-state index contributed by atoms with van der Waals surface area (Å²) in [6, 6.07) is 11.5. The first kappa shape index (κ1) is 39.2. The number of esters is 1. The molecule has 4 atom stereocenters. The smallest absolute Gasteiger partial charge is 0.407 e. The zero-order chi connectivity index (χ0) is 39.4. The van der Waals surface area contributed by atoms with Gasteiger partial charge in [-0.05, 0) is 66.3 Å². The number of nitrogens with one attached hydrogen (secondary N) is 3. The monoisotopic (exact) mass is 755 g/mol. The standard InChI is InChI=1S/C41H50FN7O6/c1-23(2)29(20-35(50)54-5)39(51)48-17-7-9-33(48)37-43-21-31(45-37)26-13-11-25(12-14-26)27-15-16-28(30(42)19-27)32-22-44-38(46-32)34-10-8-18-49(34)40(52)36(24(3)4)47-41(53)55-6/h11-16,19,21-24,29,33-34,36H,7-10,17-18,20H2,1-6H3,(H,43,45)(H,44,46)(H,47,53)/t29-,33-,34-,36-/m0/s1. The third kappa shape index (κ3) is 8.42. The van der Waals surface area contributed by atoms with Crippen LogP contribution in [0.2, 0.25) is 0 Å². The Bertz CT molecular complexity index is 2010. The van der Waals surface area contributed by atoms with Crippen LogP contribution in [0.3, 0.4) is 0 Å². The molecule has 292 valence electrons. The average Bonchev–Trinajstić information content (AvgIpc) is 4.02. The minimum Gasteiger partial charge on any atom is -0.469 e. The lowest BCUT2D eigenvalue weighted by molar-refractivity contribution is -0.148. The van der Waals surface area contributed by atoms with Gasteiger partial charge in [0.2, 0.25) is 11.8 Å². The molecule has 3 amide bonds. The second-order valence-corrected chi connectivity index (χ2v) is 15.0. The van der Waals surface area contributed by atoms with Crippen LogP contribution in [0.5, 0.6) is 0 Å². The lowest BCUT2D eigenvalue weighted by atomic mass is 9.91. The molecule has 0 spiro atoms. The van der Waals surface area contributed by atoms with E-state index in [1.54, 1.807) is 23.4 Å². The normalized spacial score (nSPS) is 18.1. The van der Waals surface area contributed by atoms with E-state index in [-0.39, 0.29) is 42.2 Å². The summed E-state index contributed by atoms with van der Waals surface area (Å²) in [5.41, 5.74) is 4.09. The van der Waals surface area contributed by atoms with E-state index in [1.165, 1.54) is 20.3 Å². The zero-order valence-corrected chi connectivity index (χ0v) is 32.2. The van der Waals surface area contributed by atoms with Crippen molar-refractivity contribution in [1.29, 1.82) is 0 Å². The largest absolute Gasteiger partial charge is 0.469 e. The summed E-state index contributed by atoms with van der Waals surface area (Å²) in [5, 5.41) is 2.65. The number of hydrogen-bond acceptors (Lipinski definition) is 8. The molecular formula is C41H50FN7O6. The summed E-state index contributed by atoms with van der Waals surface area (Å²) in [7, 11) is 2.60. The minimum atomic E-state index is -0.748. The number of H-pyrrole nitrogens is 2. The highest BCUT2D eigenvalue weighted by Crippen LogP contribution is 2.36. The Morgan fingerprint density at radius 1 is 0.782 bits per heavy atom. The molecule has 2 aliphatic heterocycles. The number of carbonyl (C=O) groups is 4. The summed E-state index contributed by atoms with van der Waals surface area (Å²) in [4.78, 5) is 70.5. The lowest BCUT2D eigenvalue weighted by Gasteiger charge is -2.30. The molecule has 0 aliphatic carbocycles. The number of methoxy groups -OCH3 is 2. The molecule has 4 heterocycles. The van der Waals surface area contributed by atoms with E-state index in [1.807, 2.05) is 62.9 Å². The average molecular weight is 756 g/mol. The van der Waals surface area contributed by atoms with Gasteiger partial charge in [0.25, 0.3) is 0 Å². The van der Waals surface area contributed by atoms with Crippen molar-refractivity contribution in [3.05, 3.63) is 72.3 Å². The second kappa shape index (κ2) is 16.9. The van der Waals surface area contributed by atoms with E-state index in [9.17, 15) is 19.2 Å². The quantitative estimate of drug-likeness (QED) is 0.133. The highest BCUT2D eigenvalue weighted by atomic mass is 19.1. The Morgan fingerprint density at radius 2 is 1.35 bits per heavy atom. The second-order valence-electron chi connectivity index (χ2n) is 15.0. The molecule has 0 radical (unpaired) electrons. The zero-order valence-electron chi connectivity index (χ0n) is 32.2. The molecule has 4 aromatic rings. The first-order chi connectivity index (χ1) is 26.4. The van der Waals surface area contributed by atoms with Crippen LogP contribution in [0.15, 0.2) is 54.9 Å². The molecule has 2 saturated heterocycles. The topological polar surface area (TPSA) is 163 Å². The molecule has 2 aliphatic rings. The fraction of sp³-hybridized carbons (Fsp3) is 0.463. The number of benzene rings is 2. The van der Waals surface area contributed by atoms with Crippen LogP contribution in [-0.4, -0.2) is 87.0 Å². The van der Waals surface area contributed by atoms with Gasteiger partial charge in [-0.2, -0.15) is 0 Å². The Labute approximate surface area is 320 Å². The fourth-order valence-corrected chi connectivity index (χ4v) is 7.64. The number of alkyl carbamates (subject to hydrolysis) is 1. The number of rotatable bonds is 12. The third-order valence-corrected chi connectivity index (χ3v) is 10.8. The number of aromatic nitrogens is 4. The number of imidazole rings is 2. The van der Waals surface area contributed by atoms with Gasteiger partial charge >= 0.3 is 12.1 Å². The summed E-state index contributed by atoms with van der Waals surface area (Å²) in [6.45, 7) is 8.73. The number of carbonyl (C=O) groups excluding carboxylic acids is 4. The van der Waals surface area contributed by atoms with Gasteiger partial charge in [-0.1, -0.05) is 58.0 Å². The maximum Gasteiger partial charge on any atom is 0.407 e. The van der Waals surface area contributed by atoms with Crippen LogP contribution in [0.25, 0.3) is 33.6 Å². The summed E-state index contributed by atoms with van der Waals surface area (Å²) < 4.78 is 25.3. The van der Waals surface area contributed by atoms with Crippen LogP contribution in [0.4, 0.5) is 9.18 Å². The van der Waals surface area contributed by atoms with Crippen molar-refractivity contribution in [3.63, 3.8) is 0 Å². The van der Waals surface area contributed by atoms with Crippen molar-refractivity contribution in [2.45, 2.75) is 77.9 Å². The van der Waals surface area contributed by atoms with Gasteiger partial charge in [0, 0.05) is 18.7 Å². The van der Waals surface area contributed by atoms with E-state index >= 15 is 4.39 Å². The number of halogens is 1. The predicted octanol–water partition coefficient (Wildman–Crippen LogP) is 6.82. The Morgan fingerprint density at radius 3 is 1.91 bits per heavy atom. The van der Waals surface area contributed by atoms with Crippen LogP contribution < -0.4 is 5.32 Å². The van der Waals surface area contributed by atoms with Crippen LogP contribution >= 0.6 is 0 Å². The number of ether oxygens (including phenoxy) is 2. The maximum atomic E-state index is 15.7. The van der Waals surface area contributed by atoms with Crippen molar-refractivity contribution in [2.75, 3.05) is 27.3 Å². The molecule has 13 nitrogen and oxygen atoms in total. The van der Waals surface area contributed by atoms with Crippen molar-refractivity contribution >= 4 is 23.9 Å². The summed E-state index contributed by atoms with van der Waals surface area (Å²) >= 11 is 0. The van der Waals surface area contributed by atoms with Crippen molar-refractivity contribution in [2.24, 2.45) is 17.8 Å². The minimum absolute atomic E-state index is 0.0176. The van der Waals surface area contributed by atoms with Gasteiger partial charge in [0.15, 0.2) is 0 Å². The molecule has 0 saturated carbocycles. The van der Waals surface area contributed by atoms with Gasteiger partial charge in [0.05, 0.1) is 62.4 Å². The molecule has 2 fully saturated rings. The van der Waals surface area contributed by atoms with Crippen molar-refractivity contribution < 1.29 is 33.0 Å². The van der Waals surface area contributed by atoms with E-state index in [2.05, 4.69) is 25.3 Å². The Hall–Kier alpha value is -5.53. The summed E-state index contributed by atoms with van der Waals surface area (Å²) in [5.74, 6) is -0.458. The lowest BCUT2D eigenvalue weighted by Crippen LogP contribution is -2.51. The first-order valence-electron chi connectivity index (χ1n) is 18.9. The molecule has 14 heteroatoms. The Balaban J connectivity index is 1.13. The number of likely N-dealkylation sites (tertiary alicyclic amines) is 2. The van der Waals surface area contributed by atoms with E-state index in [0.29, 0.717) is 48.0 Å². The molecule has 3 N–H and O–H groups in total. The summed E-state index contributed by atoms with van der Waals surface area (Å²) in [6.07, 6.45) is 5.81.